The van der Waals surface area contributed by atoms with Gasteiger partial charge < -0.3 is 19.0 Å². The molecule has 1 unspecified atom stereocenters. The minimum absolute atomic E-state index is 0.00164. The van der Waals surface area contributed by atoms with Gasteiger partial charge in [0, 0.05) is 11.8 Å². The molecule has 1 N–H and O–H groups in total. The predicted molar refractivity (Wildman–Crippen MR) is 114 cm³/mol. The monoisotopic (exact) mass is 437 g/mol. The van der Waals surface area contributed by atoms with Crippen molar-refractivity contribution in [1.82, 2.24) is 10.5 Å². The third kappa shape index (κ3) is 3.92. The maximum Gasteiger partial charge on any atom is 0.320 e. The molecule has 2 aromatic carbocycles. The van der Waals surface area contributed by atoms with Gasteiger partial charge in [-0.2, -0.15) is 5.48 Å². The minimum Gasteiger partial charge on any atom is -0.495 e. The second-order valence-corrected chi connectivity index (χ2v) is 6.93. The fraction of sp³-hybridized carbons (Fsp3) is 0.174. The summed E-state index contributed by atoms with van der Waals surface area (Å²) in [5.74, 6) is 0.212. The summed E-state index contributed by atoms with van der Waals surface area (Å²) >= 11 is 0. The molecule has 3 aromatic rings. The number of carbonyl (C=O) groups is 1. The number of amidine groups is 1. The van der Waals surface area contributed by atoms with Crippen LogP contribution in [0.4, 0.5) is 4.39 Å². The lowest BCUT2D eigenvalue weighted by molar-refractivity contribution is -0.132. The first-order valence-corrected chi connectivity index (χ1v) is 9.61. The molecule has 8 nitrogen and oxygen atoms in total. The lowest BCUT2D eigenvalue weighted by Crippen LogP contribution is -2.27. The van der Waals surface area contributed by atoms with Gasteiger partial charge in [0.15, 0.2) is 17.1 Å². The zero-order valence-corrected chi connectivity index (χ0v) is 17.4. The smallest absolute Gasteiger partial charge is 0.320 e. The van der Waals surface area contributed by atoms with Gasteiger partial charge in [-0.15, -0.1) is 0 Å². The summed E-state index contributed by atoms with van der Waals surface area (Å²) in [5.41, 5.74) is 4.23. The van der Waals surface area contributed by atoms with Gasteiger partial charge >= 0.3 is 12.5 Å². The number of aromatic nitrogens is 1. The van der Waals surface area contributed by atoms with Crippen molar-refractivity contribution in [3.63, 3.8) is 0 Å². The number of hydrogen-bond acceptors (Lipinski definition) is 8. The molecule has 2 heterocycles. The highest BCUT2D eigenvalue weighted by Gasteiger charge is 2.41. The van der Waals surface area contributed by atoms with Crippen LogP contribution in [0.5, 0.6) is 11.5 Å². The summed E-state index contributed by atoms with van der Waals surface area (Å²) in [7, 11) is 2.97. The standard InChI is InChI=1S/C23H20FN3O5/c1-29-19-9-16(11-25-12-19)15-4-3-5-17(8-15)23(13-31-22(26-23)27-32-14-28)18-6-7-21(30-2)20(24)10-18/h3-12,14H,13H2,1-2H3,(H,26,27). The van der Waals surface area contributed by atoms with Gasteiger partial charge in [-0.05, 0) is 41.0 Å². The van der Waals surface area contributed by atoms with Crippen molar-refractivity contribution in [3.8, 4) is 22.6 Å². The molecule has 32 heavy (non-hydrogen) atoms. The Hall–Kier alpha value is -4.14. The number of nitrogens with one attached hydrogen (secondary N) is 1. The SMILES string of the molecule is COc1cncc(-c2cccc(C3(c4ccc(OC)c(F)c4)COC(NOC=O)=N3)c2)c1. The Morgan fingerprint density at radius 3 is 2.66 bits per heavy atom. The van der Waals surface area contributed by atoms with Crippen molar-refractivity contribution in [3.05, 3.63) is 77.9 Å². The van der Waals surface area contributed by atoms with Gasteiger partial charge in [-0.25, -0.2) is 9.38 Å². The van der Waals surface area contributed by atoms with Crippen LogP contribution in [-0.4, -0.2) is 38.3 Å². The lowest BCUT2D eigenvalue weighted by Gasteiger charge is -2.26. The van der Waals surface area contributed by atoms with Crippen LogP contribution in [0.2, 0.25) is 0 Å². The van der Waals surface area contributed by atoms with E-state index in [4.69, 9.17) is 14.2 Å². The second kappa shape index (κ2) is 8.93. The average molecular weight is 437 g/mol. The molecule has 0 saturated heterocycles. The van der Waals surface area contributed by atoms with E-state index < -0.39 is 11.4 Å². The van der Waals surface area contributed by atoms with Gasteiger partial charge in [0.2, 0.25) is 0 Å². The number of hydroxylamine groups is 1. The Labute approximate surface area is 183 Å². The van der Waals surface area contributed by atoms with Crippen LogP contribution < -0.4 is 15.0 Å². The zero-order valence-electron chi connectivity index (χ0n) is 17.4. The van der Waals surface area contributed by atoms with E-state index >= 15 is 0 Å². The van der Waals surface area contributed by atoms with E-state index in [1.165, 1.54) is 19.2 Å². The van der Waals surface area contributed by atoms with Crippen molar-refractivity contribution in [2.45, 2.75) is 5.54 Å². The molecule has 1 aromatic heterocycles. The molecule has 164 valence electrons. The van der Waals surface area contributed by atoms with Crippen molar-refractivity contribution < 1.29 is 28.2 Å². The maximum atomic E-state index is 14.6. The molecule has 1 aliphatic heterocycles. The van der Waals surface area contributed by atoms with Gasteiger partial charge in [0.1, 0.15) is 12.4 Å². The zero-order chi connectivity index (χ0) is 22.6. The molecule has 1 aliphatic rings. The van der Waals surface area contributed by atoms with Crippen LogP contribution in [0.15, 0.2) is 65.9 Å². The van der Waals surface area contributed by atoms with Gasteiger partial charge in [-0.1, -0.05) is 24.3 Å². The van der Waals surface area contributed by atoms with Gasteiger partial charge in [-0.3, -0.25) is 9.78 Å². The fourth-order valence-electron chi connectivity index (χ4n) is 3.57. The summed E-state index contributed by atoms with van der Waals surface area (Å²) in [6.45, 7) is 0.276. The normalized spacial score (nSPS) is 17.2. The highest BCUT2D eigenvalue weighted by atomic mass is 19.1. The van der Waals surface area contributed by atoms with E-state index in [0.29, 0.717) is 11.3 Å². The number of halogens is 1. The number of aliphatic imine (C=N–C) groups is 1. The number of nitrogens with zero attached hydrogens (tertiary/aromatic N) is 2. The number of methoxy groups -OCH3 is 2. The number of benzene rings is 2. The number of ether oxygens (including phenoxy) is 3. The molecular weight excluding hydrogens is 417 g/mol. The first kappa shape index (κ1) is 21.1. The molecule has 0 radical (unpaired) electrons. The number of hydrogen-bond donors (Lipinski definition) is 1. The predicted octanol–water partition coefficient (Wildman–Crippen LogP) is 3.21. The fourth-order valence-corrected chi connectivity index (χ4v) is 3.57. The molecule has 1 atom stereocenters. The van der Waals surface area contributed by atoms with E-state index in [1.54, 1.807) is 25.6 Å². The third-order valence-corrected chi connectivity index (χ3v) is 5.16. The minimum atomic E-state index is -1.09. The Balaban J connectivity index is 1.83. The van der Waals surface area contributed by atoms with Crippen LogP contribution in [0.3, 0.4) is 0 Å². The molecule has 0 aliphatic carbocycles. The number of pyridine rings is 1. The van der Waals surface area contributed by atoms with Crippen LogP contribution in [0, 0.1) is 5.82 Å². The average Bonchev–Trinajstić information content (AvgIpc) is 3.28. The summed E-state index contributed by atoms with van der Waals surface area (Å²) in [6.07, 6.45) is 3.34. The lowest BCUT2D eigenvalue weighted by atomic mass is 9.83. The van der Waals surface area contributed by atoms with Crippen molar-refractivity contribution >= 4 is 12.5 Å². The molecule has 0 saturated carbocycles. The number of rotatable bonds is 7. The van der Waals surface area contributed by atoms with E-state index in [0.717, 1.165) is 16.7 Å². The molecule has 0 bridgehead atoms. The molecule has 9 heteroatoms. The van der Waals surface area contributed by atoms with E-state index in [2.05, 4.69) is 20.3 Å². The first-order valence-electron chi connectivity index (χ1n) is 9.61. The largest absolute Gasteiger partial charge is 0.495 e. The Morgan fingerprint density at radius 2 is 1.91 bits per heavy atom. The van der Waals surface area contributed by atoms with Crippen molar-refractivity contribution in [1.29, 1.82) is 0 Å². The van der Waals surface area contributed by atoms with Crippen LogP contribution >= 0.6 is 0 Å². The number of carbonyl (C=O) groups excluding carboxylic acids is 1. The third-order valence-electron chi connectivity index (χ3n) is 5.16. The molecule has 0 spiro atoms. The van der Waals surface area contributed by atoms with Gasteiger partial charge in [0.05, 0.1) is 20.4 Å². The first-order chi connectivity index (χ1) is 15.6. The van der Waals surface area contributed by atoms with Crippen molar-refractivity contribution in [2.24, 2.45) is 4.99 Å². The summed E-state index contributed by atoms with van der Waals surface area (Å²) in [6, 6.07) is 14.1. The summed E-state index contributed by atoms with van der Waals surface area (Å²) in [5, 5.41) is 0. The topological polar surface area (TPSA) is 91.3 Å². The van der Waals surface area contributed by atoms with E-state index in [1.807, 2.05) is 30.3 Å². The molecule has 4 rings (SSSR count). The molecule has 0 amide bonds. The van der Waals surface area contributed by atoms with Crippen LogP contribution in [0.25, 0.3) is 11.1 Å². The summed E-state index contributed by atoms with van der Waals surface area (Å²) < 4.78 is 30.5. The Morgan fingerprint density at radius 1 is 1.06 bits per heavy atom. The maximum absolute atomic E-state index is 14.6. The van der Waals surface area contributed by atoms with Crippen molar-refractivity contribution in [2.75, 3.05) is 20.8 Å². The highest BCUT2D eigenvalue weighted by Crippen LogP contribution is 2.40. The van der Waals surface area contributed by atoms with Gasteiger partial charge in [0.25, 0.3) is 0 Å². The van der Waals surface area contributed by atoms with E-state index in [-0.39, 0.29) is 24.9 Å². The highest BCUT2D eigenvalue weighted by molar-refractivity contribution is 5.77. The summed E-state index contributed by atoms with van der Waals surface area (Å²) in [4.78, 5) is 23.9. The Kier molecular flexibility index (Phi) is 5.89. The second-order valence-electron chi connectivity index (χ2n) is 6.93. The van der Waals surface area contributed by atoms with Crippen LogP contribution in [0.1, 0.15) is 11.1 Å². The molecular formula is C23H20FN3O5. The van der Waals surface area contributed by atoms with Crippen LogP contribution in [-0.2, 0) is 19.9 Å². The quantitative estimate of drug-likeness (QED) is 0.448. The molecule has 0 fully saturated rings. The van der Waals surface area contributed by atoms with E-state index in [9.17, 15) is 9.18 Å². The Bertz CT molecular complexity index is 1170.